The Morgan fingerprint density at radius 3 is 2.17 bits per heavy atom. The molecule has 1 heterocycles. The van der Waals surface area contributed by atoms with Crippen LogP contribution in [-0.2, 0) is 20.7 Å². The number of rotatable bonds is 9. The molecule has 3 unspecified atom stereocenters. The lowest BCUT2D eigenvalue weighted by molar-refractivity contribution is -0.134. The molecular weight excluding hydrogens is 616 g/mol. The smallest absolute Gasteiger partial charge is 0.410 e. The number of ether oxygens (including phenoxy) is 4. The molecule has 48 heavy (non-hydrogen) atoms. The predicted octanol–water partition coefficient (Wildman–Crippen LogP) is 4.77. The first-order chi connectivity index (χ1) is 22.7. The molecule has 2 aromatic carbocycles. The monoisotopic (exact) mass is 666 g/mol. The summed E-state index contributed by atoms with van der Waals surface area (Å²) in [5.41, 5.74) is 2.35. The maximum atomic E-state index is 14.0. The number of methoxy groups -OCH3 is 3. The van der Waals surface area contributed by atoms with Crippen molar-refractivity contribution in [1.82, 2.24) is 15.1 Å². The lowest BCUT2D eigenvalue weighted by Crippen LogP contribution is -2.55. The topological polar surface area (TPSA) is 136 Å². The van der Waals surface area contributed by atoms with E-state index < -0.39 is 23.8 Å². The molecule has 0 spiro atoms. The fourth-order valence-electron chi connectivity index (χ4n) is 6.31. The Morgan fingerprint density at radius 1 is 0.958 bits per heavy atom. The number of aryl methyl sites for hydroxylation is 1. The summed E-state index contributed by atoms with van der Waals surface area (Å²) in [6, 6.07) is 5.84. The van der Waals surface area contributed by atoms with Crippen LogP contribution in [0.15, 0.2) is 29.1 Å². The van der Waals surface area contributed by atoms with Gasteiger partial charge in [0.05, 0.1) is 33.1 Å². The molecule has 2 N–H and O–H groups in total. The largest absolute Gasteiger partial charge is 0.493 e. The van der Waals surface area contributed by atoms with Gasteiger partial charge in [0.2, 0.25) is 23.0 Å². The van der Waals surface area contributed by atoms with Gasteiger partial charge in [-0.05, 0) is 74.4 Å². The van der Waals surface area contributed by atoms with Crippen molar-refractivity contribution in [2.75, 3.05) is 52.8 Å². The van der Waals surface area contributed by atoms with Crippen LogP contribution >= 0.6 is 0 Å². The zero-order chi connectivity index (χ0) is 35.3. The SMILES string of the molecule is CCC(C)C(Nc1ccc2c(cc1=O)C(NC(C)=O)CCc1cc(OC)c(OC)c(OC)c1-2)C(=O)N1CCN(C(=O)OC(C)(C)C)CC1. The highest BCUT2D eigenvalue weighted by Crippen LogP contribution is 2.50. The third-order valence-electron chi connectivity index (χ3n) is 8.95. The van der Waals surface area contributed by atoms with Crippen LogP contribution in [0.3, 0.4) is 0 Å². The van der Waals surface area contributed by atoms with Crippen LogP contribution in [-0.4, -0.2) is 86.9 Å². The quantitative estimate of drug-likeness (QED) is 0.388. The minimum atomic E-state index is -0.685. The van der Waals surface area contributed by atoms with E-state index in [0.29, 0.717) is 73.8 Å². The number of benzene rings is 1. The molecule has 1 fully saturated rings. The molecule has 3 amide bonds. The Hall–Kier alpha value is -4.48. The summed E-state index contributed by atoms with van der Waals surface area (Å²) in [7, 11) is 4.65. The molecule has 1 aliphatic heterocycles. The van der Waals surface area contributed by atoms with E-state index in [1.165, 1.54) is 14.0 Å². The van der Waals surface area contributed by atoms with Crippen LogP contribution in [0, 0.1) is 5.92 Å². The van der Waals surface area contributed by atoms with Crippen molar-refractivity contribution in [3.63, 3.8) is 0 Å². The van der Waals surface area contributed by atoms with Crippen LogP contribution in [0.25, 0.3) is 11.1 Å². The molecule has 12 nitrogen and oxygen atoms in total. The molecule has 3 atom stereocenters. The Balaban J connectivity index is 1.73. The summed E-state index contributed by atoms with van der Waals surface area (Å²) < 4.78 is 22.7. The summed E-state index contributed by atoms with van der Waals surface area (Å²) in [5.74, 6) is 0.939. The van der Waals surface area contributed by atoms with Gasteiger partial charge in [-0.1, -0.05) is 26.3 Å². The summed E-state index contributed by atoms with van der Waals surface area (Å²) in [6.07, 6.45) is 1.42. The van der Waals surface area contributed by atoms with E-state index in [1.54, 1.807) is 36.2 Å². The van der Waals surface area contributed by atoms with Crippen molar-refractivity contribution in [1.29, 1.82) is 0 Å². The highest BCUT2D eigenvalue weighted by molar-refractivity contribution is 5.86. The number of nitrogens with zero attached hydrogens (tertiary/aromatic N) is 2. The highest BCUT2D eigenvalue weighted by Gasteiger charge is 2.34. The first kappa shape index (κ1) is 36.4. The van der Waals surface area contributed by atoms with E-state index in [1.807, 2.05) is 46.8 Å². The third kappa shape index (κ3) is 7.96. The molecule has 262 valence electrons. The molecule has 1 aliphatic carbocycles. The Bertz CT molecular complexity index is 1580. The average Bonchev–Trinajstić information content (AvgIpc) is 3.29. The van der Waals surface area contributed by atoms with Gasteiger partial charge in [0, 0.05) is 38.7 Å². The molecule has 0 aromatic heterocycles. The lowest BCUT2D eigenvalue weighted by Gasteiger charge is -2.38. The van der Waals surface area contributed by atoms with Crippen molar-refractivity contribution < 1.29 is 33.3 Å². The van der Waals surface area contributed by atoms with E-state index in [-0.39, 0.29) is 28.8 Å². The molecule has 4 rings (SSSR count). The fraction of sp³-hybridized carbons (Fsp3) is 0.556. The molecule has 0 radical (unpaired) electrons. The number of carbonyl (C=O) groups excluding carboxylic acids is 3. The minimum Gasteiger partial charge on any atom is -0.493 e. The third-order valence-corrected chi connectivity index (χ3v) is 8.95. The summed E-state index contributed by atoms with van der Waals surface area (Å²) in [4.78, 5) is 56.2. The van der Waals surface area contributed by atoms with Crippen LogP contribution in [0.1, 0.15) is 71.6 Å². The van der Waals surface area contributed by atoms with Gasteiger partial charge in [-0.3, -0.25) is 14.4 Å². The predicted molar refractivity (Wildman–Crippen MR) is 184 cm³/mol. The Labute approximate surface area is 283 Å². The number of amides is 3. The number of nitrogens with one attached hydrogen (secondary N) is 2. The van der Waals surface area contributed by atoms with Crippen molar-refractivity contribution in [2.24, 2.45) is 5.92 Å². The molecule has 12 heteroatoms. The summed E-state index contributed by atoms with van der Waals surface area (Å²) in [6.45, 7) is 12.3. The Kier molecular flexibility index (Phi) is 11.5. The second-order valence-electron chi connectivity index (χ2n) is 13.4. The normalized spacial score (nSPS) is 17.1. The van der Waals surface area contributed by atoms with E-state index in [0.717, 1.165) is 11.1 Å². The van der Waals surface area contributed by atoms with Gasteiger partial charge in [-0.2, -0.15) is 0 Å². The molecule has 0 bridgehead atoms. The zero-order valence-corrected chi connectivity index (χ0v) is 29.7. The molecular formula is C36H50N4O8. The van der Waals surface area contributed by atoms with Gasteiger partial charge < -0.3 is 39.4 Å². The van der Waals surface area contributed by atoms with Gasteiger partial charge in [0.15, 0.2) is 11.5 Å². The summed E-state index contributed by atoms with van der Waals surface area (Å²) >= 11 is 0. The molecule has 2 aromatic rings. The van der Waals surface area contributed by atoms with Gasteiger partial charge >= 0.3 is 6.09 Å². The second kappa shape index (κ2) is 15.2. The van der Waals surface area contributed by atoms with Crippen molar-refractivity contribution in [2.45, 2.75) is 78.5 Å². The average molecular weight is 667 g/mol. The van der Waals surface area contributed by atoms with Gasteiger partial charge in [-0.25, -0.2) is 4.79 Å². The number of carbonyl (C=O) groups is 3. The second-order valence-corrected chi connectivity index (χ2v) is 13.4. The number of fused-ring (bicyclic) bond motifs is 3. The maximum absolute atomic E-state index is 14.0. The lowest BCUT2D eigenvalue weighted by atomic mass is 9.95. The zero-order valence-electron chi connectivity index (χ0n) is 29.7. The number of hydrogen-bond acceptors (Lipinski definition) is 9. The first-order valence-corrected chi connectivity index (χ1v) is 16.5. The van der Waals surface area contributed by atoms with E-state index in [9.17, 15) is 19.2 Å². The first-order valence-electron chi connectivity index (χ1n) is 16.5. The fourth-order valence-corrected chi connectivity index (χ4v) is 6.31. The maximum Gasteiger partial charge on any atom is 0.410 e. The molecule has 2 aliphatic rings. The molecule has 1 saturated heterocycles. The van der Waals surface area contributed by atoms with Crippen LogP contribution in [0.4, 0.5) is 10.5 Å². The van der Waals surface area contributed by atoms with E-state index >= 15 is 0 Å². The minimum absolute atomic E-state index is 0.103. The van der Waals surface area contributed by atoms with Crippen LogP contribution in [0.5, 0.6) is 17.2 Å². The van der Waals surface area contributed by atoms with Gasteiger partial charge in [0.25, 0.3) is 0 Å². The van der Waals surface area contributed by atoms with Crippen molar-refractivity contribution in [3.05, 3.63) is 45.6 Å². The van der Waals surface area contributed by atoms with E-state index in [4.69, 9.17) is 18.9 Å². The number of hydrogen-bond donors (Lipinski definition) is 2. The van der Waals surface area contributed by atoms with Crippen LogP contribution in [0.2, 0.25) is 0 Å². The number of piperazine rings is 1. The molecule has 0 saturated carbocycles. The van der Waals surface area contributed by atoms with Gasteiger partial charge in [-0.15, -0.1) is 0 Å². The van der Waals surface area contributed by atoms with Gasteiger partial charge in [0.1, 0.15) is 11.6 Å². The van der Waals surface area contributed by atoms with E-state index in [2.05, 4.69) is 10.6 Å². The highest BCUT2D eigenvalue weighted by atomic mass is 16.6. The van der Waals surface area contributed by atoms with Crippen molar-refractivity contribution >= 4 is 23.6 Å². The standard InChI is InChI=1S/C36H50N4O8/c1-10-21(2)31(34(43)39-15-17-40(18-16-39)35(44)48-36(4,5)6)38-27-14-12-24-25(20-28(27)42)26(37-22(3)41)13-11-23-19-29(45-7)32(46-8)33(47-9)30(23)24/h12,14,19-21,26,31H,10-11,13,15-18H2,1-9H3,(H,37,41)(H,38,42). The van der Waals surface area contributed by atoms with Crippen molar-refractivity contribution in [3.8, 4) is 28.4 Å². The number of anilines is 1. The van der Waals surface area contributed by atoms with Crippen LogP contribution < -0.4 is 30.3 Å². The Morgan fingerprint density at radius 2 is 1.60 bits per heavy atom. The summed E-state index contributed by atoms with van der Waals surface area (Å²) in [5, 5.41) is 6.32.